The second-order valence-electron chi connectivity index (χ2n) is 3.21. The van der Waals surface area contributed by atoms with E-state index in [1.807, 2.05) is 24.3 Å². The Kier molecular flexibility index (Phi) is 2.52. The second-order valence-corrected chi connectivity index (χ2v) is 4.07. The average Bonchev–Trinajstić information content (AvgIpc) is 2.62. The molecule has 0 aliphatic carbocycles. The van der Waals surface area contributed by atoms with Crippen LogP contribution in [0.3, 0.4) is 0 Å². The van der Waals surface area contributed by atoms with E-state index in [1.54, 1.807) is 6.08 Å². The summed E-state index contributed by atoms with van der Waals surface area (Å²) in [7, 11) is 0. The predicted octanol–water partition coefficient (Wildman–Crippen LogP) is 3.00. The standard InChI is InChI=1S/C11H9BrO3/c1-2-11(7-14-10(13)15-11)8-5-3-4-6-9(8)12/h2-6H,1,7H2. The Balaban J connectivity index is 2.48. The van der Waals surface area contributed by atoms with Crippen LogP contribution in [0.1, 0.15) is 5.56 Å². The Labute approximate surface area is 95.8 Å². The minimum atomic E-state index is -0.864. The molecular formula is C11H9BrO3. The Hall–Kier alpha value is -1.29. The zero-order valence-electron chi connectivity index (χ0n) is 7.90. The van der Waals surface area contributed by atoms with E-state index in [0.29, 0.717) is 0 Å². The largest absolute Gasteiger partial charge is 0.509 e. The quantitative estimate of drug-likeness (QED) is 0.611. The third-order valence-corrected chi connectivity index (χ3v) is 3.02. The van der Waals surface area contributed by atoms with Crippen molar-refractivity contribution in [1.29, 1.82) is 0 Å². The maximum absolute atomic E-state index is 11.0. The van der Waals surface area contributed by atoms with Crippen LogP contribution in [0.5, 0.6) is 0 Å². The van der Waals surface area contributed by atoms with Crippen molar-refractivity contribution in [3.05, 3.63) is 47.0 Å². The van der Waals surface area contributed by atoms with Gasteiger partial charge in [0, 0.05) is 10.0 Å². The fourth-order valence-electron chi connectivity index (χ4n) is 1.52. The average molecular weight is 269 g/mol. The van der Waals surface area contributed by atoms with Gasteiger partial charge in [-0.3, -0.25) is 0 Å². The van der Waals surface area contributed by atoms with E-state index in [4.69, 9.17) is 9.47 Å². The number of cyclic esters (lactones) is 2. The molecule has 2 rings (SSSR count). The van der Waals surface area contributed by atoms with Crippen LogP contribution in [0, 0.1) is 0 Å². The van der Waals surface area contributed by atoms with Gasteiger partial charge in [-0.05, 0) is 12.1 Å². The molecule has 1 fully saturated rings. The van der Waals surface area contributed by atoms with Crippen LogP contribution in [0.15, 0.2) is 41.4 Å². The molecule has 0 bridgehead atoms. The Bertz CT molecular complexity index is 416. The number of ether oxygens (including phenoxy) is 2. The molecule has 1 atom stereocenters. The highest BCUT2D eigenvalue weighted by Gasteiger charge is 2.42. The third-order valence-electron chi connectivity index (χ3n) is 2.33. The van der Waals surface area contributed by atoms with Gasteiger partial charge in [0.25, 0.3) is 0 Å². The van der Waals surface area contributed by atoms with Crippen molar-refractivity contribution in [1.82, 2.24) is 0 Å². The lowest BCUT2D eigenvalue weighted by Gasteiger charge is -2.22. The summed E-state index contributed by atoms with van der Waals surface area (Å²) in [6.45, 7) is 3.85. The van der Waals surface area contributed by atoms with Crippen molar-refractivity contribution >= 4 is 22.1 Å². The number of rotatable bonds is 2. The van der Waals surface area contributed by atoms with Crippen molar-refractivity contribution in [2.24, 2.45) is 0 Å². The first-order valence-electron chi connectivity index (χ1n) is 4.42. The molecule has 1 unspecified atom stereocenters. The maximum Gasteiger partial charge on any atom is 0.509 e. The van der Waals surface area contributed by atoms with Crippen LogP contribution in [-0.2, 0) is 15.1 Å². The summed E-state index contributed by atoms with van der Waals surface area (Å²) < 4.78 is 10.8. The number of carbonyl (C=O) groups excluding carboxylic acids is 1. The first-order valence-corrected chi connectivity index (χ1v) is 5.21. The molecule has 0 aromatic heterocycles. The number of hydrogen-bond donors (Lipinski definition) is 0. The van der Waals surface area contributed by atoms with Gasteiger partial charge in [0.05, 0.1) is 0 Å². The first kappa shape index (κ1) is 10.2. The van der Waals surface area contributed by atoms with Gasteiger partial charge in [0.15, 0.2) is 5.60 Å². The molecule has 0 N–H and O–H groups in total. The Morgan fingerprint density at radius 3 is 2.73 bits per heavy atom. The lowest BCUT2D eigenvalue weighted by Crippen LogP contribution is -2.26. The summed E-state index contributed by atoms with van der Waals surface area (Å²) in [4.78, 5) is 11.0. The summed E-state index contributed by atoms with van der Waals surface area (Å²) in [6, 6.07) is 7.51. The van der Waals surface area contributed by atoms with E-state index >= 15 is 0 Å². The van der Waals surface area contributed by atoms with E-state index in [2.05, 4.69) is 22.5 Å². The molecule has 0 spiro atoms. The Morgan fingerprint density at radius 2 is 2.20 bits per heavy atom. The highest BCUT2D eigenvalue weighted by molar-refractivity contribution is 9.10. The van der Waals surface area contributed by atoms with Gasteiger partial charge in [0.1, 0.15) is 6.61 Å². The van der Waals surface area contributed by atoms with Crippen LogP contribution in [-0.4, -0.2) is 12.8 Å². The molecule has 0 radical (unpaired) electrons. The molecule has 1 aromatic carbocycles. The monoisotopic (exact) mass is 268 g/mol. The SMILES string of the molecule is C=CC1(c2ccccc2Br)COC(=O)O1. The number of benzene rings is 1. The Morgan fingerprint density at radius 1 is 1.47 bits per heavy atom. The summed E-state index contributed by atoms with van der Waals surface area (Å²) in [5.74, 6) is 0. The van der Waals surface area contributed by atoms with Crippen LogP contribution in [0.25, 0.3) is 0 Å². The summed E-state index contributed by atoms with van der Waals surface area (Å²) in [5.41, 5.74) is -0.0252. The lowest BCUT2D eigenvalue weighted by molar-refractivity contribution is 0.0884. The van der Waals surface area contributed by atoms with Gasteiger partial charge >= 0.3 is 6.16 Å². The molecule has 1 heterocycles. The van der Waals surface area contributed by atoms with E-state index in [9.17, 15) is 4.79 Å². The molecule has 78 valence electrons. The fourth-order valence-corrected chi connectivity index (χ4v) is 2.14. The molecule has 1 aliphatic rings. The van der Waals surface area contributed by atoms with Crippen molar-refractivity contribution in [2.75, 3.05) is 6.61 Å². The fraction of sp³-hybridized carbons (Fsp3) is 0.182. The number of hydrogen-bond acceptors (Lipinski definition) is 3. The zero-order chi connectivity index (χ0) is 10.9. The van der Waals surface area contributed by atoms with Crippen LogP contribution in [0.4, 0.5) is 4.79 Å². The predicted molar refractivity (Wildman–Crippen MR) is 58.5 cm³/mol. The van der Waals surface area contributed by atoms with Crippen molar-refractivity contribution in [3.8, 4) is 0 Å². The van der Waals surface area contributed by atoms with Crippen molar-refractivity contribution in [3.63, 3.8) is 0 Å². The zero-order valence-corrected chi connectivity index (χ0v) is 9.49. The second kappa shape index (κ2) is 3.70. The molecule has 0 amide bonds. The van der Waals surface area contributed by atoms with Gasteiger partial charge in [0.2, 0.25) is 0 Å². The minimum absolute atomic E-state index is 0.165. The highest BCUT2D eigenvalue weighted by Crippen LogP contribution is 2.36. The van der Waals surface area contributed by atoms with Crippen LogP contribution < -0.4 is 0 Å². The van der Waals surface area contributed by atoms with Gasteiger partial charge in [-0.15, -0.1) is 0 Å². The molecule has 1 aromatic rings. The number of carbonyl (C=O) groups is 1. The first-order chi connectivity index (χ1) is 7.18. The van der Waals surface area contributed by atoms with Crippen molar-refractivity contribution < 1.29 is 14.3 Å². The van der Waals surface area contributed by atoms with Crippen LogP contribution >= 0.6 is 15.9 Å². The lowest BCUT2D eigenvalue weighted by atomic mass is 9.95. The summed E-state index contributed by atoms with van der Waals surface area (Å²) in [5, 5.41) is 0. The summed E-state index contributed by atoms with van der Waals surface area (Å²) in [6.07, 6.45) is 0.920. The van der Waals surface area contributed by atoms with Gasteiger partial charge in [-0.1, -0.05) is 40.7 Å². The molecule has 4 heteroatoms. The van der Waals surface area contributed by atoms with Gasteiger partial charge in [-0.25, -0.2) is 4.79 Å². The van der Waals surface area contributed by atoms with Crippen molar-refractivity contribution in [2.45, 2.75) is 5.60 Å². The maximum atomic E-state index is 11.0. The van der Waals surface area contributed by atoms with E-state index in [0.717, 1.165) is 10.0 Å². The highest BCUT2D eigenvalue weighted by atomic mass is 79.9. The smallest absolute Gasteiger partial charge is 0.429 e. The molecule has 0 saturated carbocycles. The van der Waals surface area contributed by atoms with E-state index < -0.39 is 11.8 Å². The molecular weight excluding hydrogens is 260 g/mol. The van der Waals surface area contributed by atoms with Gasteiger partial charge in [-0.2, -0.15) is 0 Å². The molecule has 1 aliphatic heterocycles. The molecule has 1 saturated heterocycles. The minimum Gasteiger partial charge on any atom is -0.429 e. The normalized spacial score (nSPS) is 24.5. The topological polar surface area (TPSA) is 35.5 Å². The molecule has 15 heavy (non-hydrogen) atoms. The van der Waals surface area contributed by atoms with E-state index in [-0.39, 0.29) is 6.61 Å². The molecule has 3 nitrogen and oxygen atoms in total. The van der Waals surface area contributed by atoms with E-state index in [1.165, 1.54) is 0 Å². The number of halogens is 1. The third kappa shape index (κ3) is 1.65. The van der Waals surface area contributed by atoms with Gasteiger partial charge < -0.3 is 9.47 Å². The summed E-state index contributed by atoms with van der Waals surface area (Å²) >= 11 is 3.41. The van der Waals surface area contributed by atoms with Crippen LogP contribution in [0.2, 0.25) is 0 Å².